The molecule has 1 aromatic carbocycles. The predicted molar refractivity (Wildman–Crippen MR) is 85.8 cm³/mol. The fourth-order valence-electron chi connectivity index (χ4n) is 2.27. The van der Waals surface area contributed by atoms with Crippen molar-refractivity contribution < 1.29 is 14.7 Å². The minimum absolute atomic E-state index is 0.0697. The largest absolute Gasteiger partial charge is 0.480 e. The standard InChI is InChI=1S/C16H20N4O3/c1-11-15(18-10-17-11)8-20(9-16(22)23)7-13-3-5-14(6-4-13)19-12(2)21/h3-6,10H,7-9H2,1-2H3,(H,17,18)(H,19,21)(H,22,23). The molecule has 0 radical (unpaired) electrons. The Kier molecular flexibility index (Phi) is 5.48. The van der Waals surface area contributed by atoms with Gasteiger partial charge in [-0.15, -0.1) is 0 Å². The van der Waals surface area contributed by atoms with Gasteiger partial charge in [0.25, 0.3) is 0 Å². The van der Waals surface area contributed by atoms with Crippen molar-refractivity contribution in [1.82, 2.24) is 14.9 Å². The van der Waals surface area contributed by atoms with E-state index in [1.807, 2.05) is 19.1 Å². The van der Waals surface area contributed by atoms with Crippen molar-refractivity contribution in [3.05, 3.63) is 47.5 Å². The fraction of sp³-hybridized carbons (Fsp3) is 0.312. The number of nitrogens with zero attached hydrogens (tertiary/aromatic N) is 2. The number of aromatic amines is 1. The van der Waals surface area contributed by atoms with Gasteiger partial charge in [0.05, 0.1) is 18.6 Å². The maximum atomic E-state index is 11.1. The first-order valence-electron chi connectivity index (χ1n) is 7.23. The highest BCUT2D eigenvalue weighted by molar-refractivity contribution is 5.88. The summed E-state index contributed by atoms with van der Waals surface area (Å²) in [5, 5.41) is 11.8. The Morgan fingerprint density at radius 1 is 1.26 bits per heavy atom. The number of aromatic nitrogens is 2. The van der Waals surface area contributed by atoms with Crippen LogP contribution in [0.25, 0.3) is 0 Å². The Morgan fingerprint density at radius 3 is 2.48 bits per heavy atom. The minimum atomic E-state index is -0.881. The first-order valence-corrected chi connectivity index (χ1v) is 7.23. The van der Waals surface area contributed by atoms with E-state index in [-0.39, 0.29) is 12.5 Å². The van der Waals surface area contributed by atoms with Gasteiger partial charge in [-0.1, -0.05) is 12.1 Å². The van der Waals surface area contributed by atoms with E-state index >= 15 is 0 Å². The molecule has 0 aliphatic heterocycles. The fourth-order valence-corrected chi connectivity index (χ4v) is 2.27. The molecule has 122 valence electrons. The molecule has 3 N–H and O–H groups in total. The first-order chi connectivity index (χ1) is 10.9. The Hall–Kier alpha value is -2.67. The summed E-state index contributed by atoms with van der Waals surface area (Å²) in [6.45, 7) is 4.23. The van der Waals surface area contributed by atoms with Gasteiger partial charge in [-0.05, 0) is 24.6 Å². The molecule has 0 saturated heterocycles. The Morgan fingerprint density at radius 2 is 1.96 bits per heavy atom. The summed E-state index contributed by atoms with van der Waals surface area (Å²) in [5.74, 6) is -1.01. The highest BCUT2D eigenvalue weighted by Crippen LogP contribution is 2.14. The summed E-state index contributed by atoms with van der Waals surface area (Å²) in [7, 11) is 0. The number of nitrogens with one attached hydrogen (secondary N) is 2. The molecule has 0 saturated carbocycles. The topological polar surface area (TPSA) is 98.3 Å². The van der Waals surface area contributed by atoms with Crippen LogP contribution in [0.4, 0.5) is 5.69 Å². The number of amides is 1. The Labute approximate surface area is 134 Å². The number of carboxylic acid groups (broad SMARTS) is 1. The van der Waals surface area contributed by atoms with Crippen molar-refractivity contribution in [2.75, 3.05) is 11.9 Å². The summed E-state index contributed by atoms with van der Waals surface area (Å²) in [4.78, 5) is 31.1. The molecule has 0 fully saturated rings. The molecule has 1 amide bonds. The van der Waals surface area contributed by atoms with E-state index in [1.54, 1.807) is 23.4 Å². The first kappa shape index (κ1) is 16.7. The molecule has 0 bridgehead atoms. The van der Waals surface area contributed by atoms with Crippen LogP contribution in [-0.2, 0) is 22.7 Å². The van der Waals surface area contributed by atoms with E-state index in [9.17, 15) is 9.59 Å². The van der Waals surface area contributed by atoms with Crippen LogP contribution < -0.4 is 5.32 Å². The smallest absolute Gasteiger partial charge is 0.317 e. The predicted octanol–water partition coefficient (Wildman–Crippen LogP) is 1.76. The maximum Gasteiger partial charge on any atom is 0.317 e. The van der Waals surface area contributed by atoms with Crippen molar-refractivity contribution in [3.8, 4) is 0 Å². The Bertz CT molecular complexity index is 679. The third kappa shape index (κ3) is 5.23. The second-order valence-corrected chi connectivity index (χ2v) is 5.39. The van der Waals surface area contributed by atoms with Gasteiger partial charge < -0.3 is 15.4 Å². The van der Waals surface area contributed by atoms with Crippen LogP contribution in [0.15, 0.2) is 30.6 Å². The normalized spacial score (nSPS) is 10.7. The number of aryl methyl sites for hydroxylation is 1. The molecule has 1 heterocycles. The molecule has 7 nitrogen and oxygen atoms in total. The van der Waals surface area contributed by atoms with E-state index in [0.29, 0.717) is 18.8 Å². The highest BCUT2D eigenvalue weighted by atomic mass is 16.4. The molecule has 0 aliphatic rings. The van der Waals surface area contributed by atoms with Gasteiger partial charge in [0, 0.05) is 31.4 Å². The summed E-state index contributed by atoms with van der Waals surface area (Å²) in [5.41, 5.74) is 3.45. The lowest BCUT2D eigenvalue weighted by molar-refractivity contribution is -0.138. The molecule has 2 rings (SSSR count). The minimum Gasteiger partial charge on any atom is -0.480 e. The SMILES string of the molecule is CC(=O)Nc1ccc(CN(CC(=O)O)Cc2nc[nH]c2C)cc1. The van der Waals surface area contributed by atoms with Crippen molar-refractivity contribution in [3.63, 3.8) is 0 Å². The second kappa shape index (κ2) is 7.55. The van der Waals surface area contributed by atoms with Crippen LogP contribution in [0.5, 0.6) is 0 Å². The number of carbonyl (C=O) groups excluding carboxylic acids is 1. The van der Waals surface area contributed by atoms with Crippen LogP contribution in [0, 0.1) is 6.92 Å². The highest BCUT2D eigenvalue weighted by Gasteiger charge is 2.13. The van der Waals surface area contributed by atoms with Crippen molar-refractivity contribution >= 4 is 17.6 Å². The number of hydrogen-bond donors (Lipinski definition) is 3. The molecule has 0 aliphatic carbocycles. The maximum absolute atomic E-state index is 11.1. The second-order valence-electron chi connectivity index (χ2n) is 5.39. The van der Waals surface area contributed by atoms with E-state index in [4.69, 9.17) is 5.11 Å². The quantitative estimate of drug-likeness (QED) is 0.723. The molecular weight excluding hydrogens is 296 g/mol. The van der Waals surface area contributed by atoms with E-state index in [1.165, 1.54) is 6.92 Å². The summed E-state index contributed by atoms with van der Waals surface area (Å²) >= 11 is 0. The lowest BCUT2D eigenvalue weighted by Gasteiger charge is -2.20. The molecule has 0 spiro atoms. The Balaban J connectivity index is 2.06. The lowest BCUT2D eigenvalue weighted by atomic mass is 10.2. The number of rotatable bonds is 7. The number of aliphatic carboxylic acids is 1. The number of anilines is 1. The molecular formula is C16H20N4O3. The zero-order valence-electron chi connectivity index (χ0n) is 13.2. The van der Waals surface area contributed by atoms with Crippen LogP contribution in [0.3, 0.4) is 0 Å². The van der Waals surface area contributed by atoms with Crippen LogP contribution in [0.2, 0.25) is 0 Å². The van der Waals surface area contributed by atoms with Gasteiger partial charge in [0.1, 0.15) is 0 Å². The number of H-pyrrole nitrogens is 1. The zero-order valence-corrected chi connectivity index (χ0v) is 13.2. The van der Waals surface area contributed by atoms with Gasteiger partial charge in [0.15, 0.2) is 0 Å². The van der Waals surface area contributed by atoms with Crippen molar-refractivity contribution in [1.29, 1.82) is 0 Å². The lowest BCUT2D eigenvalue weighted by Crippen LogP contribution is -2.29. The van der Waals surface area contributed by atoms with E-state index < -0.39 is 5.97 Å². The molecule has 0 atom stereocenters. The van der Waals surface area contributed by atoms with Crippen molar-refractivity contribution in [2.24, 2.45) is 0 Å². The molecule has 0 unspecified atom stereocenters. The van der Waals surface area contributed by atoms with Gasteiger partial charge in [-0.2, -0.15) is 0 Å². The number of hydrogen-bond acceptors (Lipinski definition) is 4. The molecule has 2 aromatic rings. The molecule has 7 heteroatoms. The van der Waals surface area contributed by atoms with Crippen LogP contribution in [-0.4, -0.2) is 38.4 Å². The zero-order chi connectivity index (χ0) is 16.8. The summed E-state index contributed by atoms with van der Waals surface area (Å²) in [6.07, 6.45) is 1.60. The van der Waals surface area contributed by atoms with Crippen LogP contribution in [0.1, 0.15) is 23.9 Å². The van der Waals surface area contributed by atoms with Crippen molar-refractivity contribution in [2.45, 2.75) is 26.9 Å². The van der Waals surface area contributed by atoms with Gasteiger partial charge >= 0.3 is 5.97 Å². The van der Waals surface area contributed by atoms with Gasteiger partial charge in [0.2, 0.25) is 5.91 Å². The van der Waals surface area contributed by atoms with Crippen LogP contribution >= 0.6 is 0 Å². The number of carbonyl (C=O) groups is 2. The third-order valence-electron chi connectivity index (χ3n) is 3.35. The average molecular weight is 316 g/mol. The monoisotopic (exact) mass is 316 g/mol. The third-order valence-corrected chi connectivity index (χ3v) is 3.35. The number of imidazole rings is 1. The summed E-state index contributed by atoms with van der Waals surface area (Å²) in [6, 6.07) is 7.35. The number of carboxylic acids is 1. The average Bonchev–Trinajstić information content (AvgIpc) is 2.85. The summed E-state index contributed by atoms with van der Waals surface area (Å²) < 4.78 is 0. The molecule has 23 heavy (non-hydrogen) atoms. The molecule has 1 aromatic heterocycles. The van der Waals surface area contributed by atoms with E-state index in [0.717, 1.165) is 17.0 Å². The van der Waals surface area contributed by atoms with Gasteiger partial charge in [-0.25, -0.2) is 4.98 Å². The number of benzene rings is 1. The van der Waals surface area contributed by atoms with E-state index in [2.05, 4.69) is 15.3 Å². The van der Waals surface area contributed by atoms with Gasteiger partial charge in [-0.3, -0.25) is 14.5 Å².